The Kier molecular flexibility index (Phi) is 6.85. The Morgan fingerprint density at radius 3 is 2.95 bits per heavy atom. The molecule has 3 N–H and O–H groups in total. The summed E-state index contributed by atoms with van der Waals surface area (Å²) in [6, 6.07) is 6.24. The van der Waals surface area contributed by atoms with Crippen LogP contribution >= 0.6 is 40.1 Å². The van der Waals surface area contributed by atoms with Crippen LogP contribution < -0.4 is 11.1 Å². The fourth-order valence-electron chi connectivity index (χ4n) is 2.26. The van der Waals surface area contributed by atoms with Gasteiger partial charge in [-0.25, -0.2) is 0 Å². The van der Waals surface area contributed by atoms with E-state index < -0.39 is 0 Å². The first-order chi connectivity index (χ1) is 8.97. The molecule has 6 heteroatoms. The first-order valence-corrected chi connectivity index (χ1v) is 8.22. The standard InChI is InChI=1S/C14H19BrN2OS.ClH/c1-8-7-19-12-4-3-10(15)6-11(12)14(8)17-13(18)5-9(2)16;/h3-4,6,8-9,14H,5,7,16H2,1-2H3,(H,17,18);1H. The zero-order valence-electron chi connectivity index (χ0n) is 11.6. The summed E-state index contributed by atoms with van der Waals surface area (Å²) in [5.41, 5.74) is 6.88. The minimum absolute atomic E-state index is 0. The number of amides is 1. The van der Waals surface area contributed by atoms with Crippen LogP contribution in [-0.2, 0) is 4.79 Å². The molecule has 1 heterocycles. The molecule has 1 aromatic rings. The summed E-state index contributed by atoms with van der Waals surface area (Å²) in [7, 11) is 0. The number of hydrogen-bond acceptors (Lipinski definition) is 3. The highest BCUT2D eigenvalue weighted by atomic mass is 79.9. The van der Waals surface area contributed by atoms with Crippen molar-refractivity contribution in [3.8, 4) is 0 Å². The van der Waals surface area contributed by atoms with Crippen LogP contribution in [0, 0.1) is 5.92 Å². The lowest BCUT2D eigenvalue weighted by Crippen LogP contribution is -2.37. The van der Waals surface area contributed by atoms with Crippen molar-refractivity contribution in [2.75, 3.05) is 5.75 Å². The molecule has 2 rings (SSSR count). The smallest absolute Gasteiger partial charge is 0.222 e. The lowest BCUT2D eigenvalue weighted by molar-refractivity contribution is -0.122. The summed E-state index contributed by atoms with van der Waals surface area (Å²) in [6.45, 7) is 4.03. The first-order valence-electron chi connectivity index (χ1n) is 6.44. The zero-order valence-corrected chi connectivity index (χ0v) is 14.8. The van der Waals surface area contributed by atoms with Gasteiger partial charge in [0.1, 0.15) is 0 Å². The van der Waals surface area contributed by atoms with E-state index in [1.807, 2.05) is 24.8 Å². The highest BCUT2D eigenvalue weighted by Crippen LogP contribution is 2.40. The molecule has 1 aromatic carbocycles. The average molecular weight is 380 g/mol. The number of nitrogens with one attached hydrogen (secondary N) is 1. The fourth-order valence-corrected chi connectivity index (χ4v) is 3.79. The molecule has 1 aliphatic rings. The molecule has 3 atom stereocenters. The van der Waals surface area contributed by atoms with E-state index in [2.05, 4.69) is 40.3 Å². The maximum Gasteiger partial charge on any atom is 0.222 e. The average Bonchev–Trinajstić information content (AvgIpc) is 2.32. The predicted octanol–water partition coefficient (Wildman–Crippen LogP) is 3.51. The molecule has 0 saturated heterocycles. The molecule has 0 fully saturated rings. The Hall–Kier alpha value is -0.230. The number of carbonyl (C=O) groups is 1. The van der Waals surface area contributed by atoms with Crippen molar-refractivity contribution in [3.05, 3.63) is 28.2 Å². The molecule has 112 valence electrons. The van der Waals surface area contributed by atoms with E-state index in [0.717, 1.165) is 10.2 Å². The molecule has 0 radical (unpaired) electrons. The maximum atomic E-state index is 12.0. The van der Waals surface area contributed by atoms with Crippen molar-refractivity contribution < 1.29 is 4.79 Å². The highest BCUT2D eigenvalue weighted by Gasteiger charge is 2.28. The third-order valence-electron chi connectivity index (χ3n) is 3.20. The van der Waals surface area contributed by atoms with Crippen molar-refractivity contribution in [2.24, 2.45) is 11.7 Å². The number of rotatable bonds is 3. The predicted molar refractivity (Wildman–Crippen MR) is 90.4 cm³/mol. The molecule has 1 amide bonds. The fraction of sp³-hybridized carbons (Fsp3) is 0.500. The zero-order chi connectivity index (χ0) is 14.0. The number of hydrogen-bond donors (Lipinski definition) is 2. The van der Waals surface area contributed by atoms with Crippen molar-refractivity contribution in [3.63, 3.8) is 0 Å². The van der Waals surface area contributed by atoms with Gasteiger partial charge in [-0.15, -0.1) is 24.2 Å². The Bertz CT molecular complexity index is 484. The highest BCUT2D eigenvalue weighted by molar-refractivity contribution is 9.10. The van der Waals surface area contributed by atoms with Gasteiger partial charge in [-0.3, -0.25) is 4.79 Å². The molecule has 1 aliphatic heterocycles. The van der Waals surface area contributed by atoms with E-state index in [1.165, 1.54) is 10.5 Å². The van der Waals surface area contributed by atoms with Gasteiger partial charge in [0.05, 0.1) is 6.04 Å². The number of benzene rings is 1. The Balaban J connectivity index is 0.00000200. The van der Waals surface area contributed by atoms with Gasteiger partial charge >= 0.3 is 0 Å². The van der Waals surface area contributed by atoms with Gasteiger partial charge in [0.2, 0.25) is 5.91 Å². The van der Waals surface area contributed by atoms with E-state index in [1.54, 1.807) is 0 Å². The van der Waals surface area contributed by atoms with E-state index >= 15 is 0 Å². The van der Waals surface area contributed by atoms with Crippen LogP contribution in [0.5, 0.6) is 0 Å². The van der Waals surface area contributed by atoms with Crippen LogP contribution in [0.4, 0.5) is 0 Å². The summed E-state index contributed by atoms with van der Waals surface area (Å²) < 4.78 is 1.05. The van der Waals surface area contributed by atoms with Crippen LogP contribution in [0.2, 0.25) is 0 Å². The van der Waals surface area contributed by atoms with Gasteiger partial charge < -0.3 is 11.1 Å². The van der Waals surface area contributed by atoms with Crippen LogP contribution in [0.25, 0.3) is 0 Å². The number of halogens is 2. The minimum atomic E-state index is -0.102. The van der Waals surface area contributed by atoms with Crippen LogP contribution in [0.15, 0.2) is 27.6 Å². The van der Waals surface area contributed by atoms with Gasteiger partial charge in [0.15, 0.2) is 0 Å². The summed E-state index contributed by atoms with van der Waals surface area (Å²) >= 11 is 5.36. The molecule has 0 spiro atoms. The maximum absolute atomic E-state index is 12.0. The van der Waals surface area contributed by atoms with E-state index in [9.17, 15) is 4.79 Å². The first kappa shape index (κ1) is 17.8. The van der Waals surface area contributed by atoms with Gasteiger partial charge in [-0.2, -0.15) is 0 Å². The van der Waals surface area contributed by atoms with Gasteiger partial charge in [-0.1, -0.05) is 22.9 Å². The monoisotopic (exact) mass is 378 g/mol. The third kappa shape index (κ3) is 4.38. The largest absolute Gasteiger partial charge is 0.349 e. The van der Waals surface area contributed by atoms with E-state index in [-0.39, 0.29) is 30.4 Å². The molecule has 20 heavy (non-hydrogen) atoms. The second-order valence-electron chi connectivity index (χ2n) is 5.20. The molecule has 0 aliphatic carbocycles. The SMILES string of the molecule is CC(N)CC(=O)NC1c2cc(Br)ccc2SCC1C.Cl. The van der Waals surface area contributed by atoms with Crippen molar-refractivity contribution in [1.29, 1.82) is 0 Å². The molecule has 3 unspecified atom stereocenters. The van der Waals surface area contributed by atoms with Crippen molar-refractivity contribution in [2.45, 2.75) is 37.2 Å². The van der Waals surface area contributed by atoms with E-state index in [4.69, 9.17) is 5.73 Å². The number of fused-ring (bicyclic) bond motifs is 1. The van der Waals surface area contributed by atoms with Crippen LogP contribution in [-0.4, -0.2) is 17.7 Å². The molecule has 0 aromatic heterocycles. The second kappa shape index (κ2) is 7.69. The number of nitrogens with two attached hydrogens (primary N) is 1. The van der Waals surface area contributed by atoms with E-state index in [0.29, 0.717) is 12.3 Å². The topological polar surface area (TPSA) is 55.1 Å². The van der Waals surface area contributed by atoms with Gasteiger partial charge in [-0.05, 0) is 36.6 Å². The molecular weight excluding hydrogens is 360 g/mol. The van der Waals surface area contributed by atoms with Crippen LogP contribution in [0.3, 0.4) is 0 Å². The van der Waals surface area contributed by atoms with Gasteiger partial charge in [0, 0.05) is 27.6 Å². The number of thioether (sulfide) groups is 1. The summed E-state index contributed by atoms with van der Waals surface area (Å²) in [4.78, 5) is 13.2. The summed E-state index contributed by atoms with van der Waals surface area (Å²) in [5.74, 6) is 1.48. The Labute approximate surface area is 139 Å². The van der Waals surface area contributed by atoms with Crippen LogP contribution in [0.1, 0.15) is 31.9 Å². The third-order valence-corrected chi connectivity index (χ3v) is 5.07. The Morgan fingerprint density at radius 1 is 1.60 bits per heavy atom. The van der Waals surface area contributed by atoms with Gasteiger partial charge in [0.25, 0.3) is 0 Å². The lowest BCUT2D eigenvalue weighted by Gasteiger charge is -2.32. The summed E-state index contributed by atoms with van der Waals surface area (Å²) in [5, 5.41) is 3.13. The quantitative estimate of drug-likeness (QED) is 0.845. The molecule has 0 saturated carbocycles. The summed E-state index contributed by atoms with van der Waals surface area (Å²) in [6.07, 6.45) is 0.375. The normalized spacial score (nSPS) is 22.4. The molecular formula is C14H20BrClN2OS. The number of carbonyl (C=O) groups excluding carboxylic acids is 1. The van der Waals surface area contributed by atoms with Crippen molar-refractivity contribution in [1.82, 2.24) is 5.32 Å². The lowest BCUT2D eigenvalue weighted by atomic mass is 9.95. The second-order valence-corrected chi connectivity index (χ2v) is 7.17. The minimum Gasteiger partial charge on any atom is -0.349 e. The Morgan fingerprint density at radius 2 is 2.30 bits per heavy atom. The molecule has 0 bridgehead atoms. The molecule has 3 nitrogen and oxygen atoms in total. The van der Waals surface area contributed by atoms with Crippen molar-refractivity contribution >= 4 is 46.0 Å².